The van der Waals surface area contributed by atoms with E-state index in [1.165, 1.54) is 0 Å². The Bertz CT molecular complexity index is 643. The Morgan fingerprint density at radius 2 is 2.00 bits per heavy atom. The summed E-state index contributed by atoms with van der Waals surface area (Å²) in [4.78, 5) is 37.9. The molecule has 110 valence electrons. The third-order valence-electron chi connectivity index (χ3n) is 3.89. The lowest BCUT2D eigenvalue weighted by molar-refractivity contribution is -0.131. The molecule has 0 spiro atoms. The summed E-state index contributed by atoms with van der Waals surface area (Å²) in [6.07, 6.45) is -0.382. The molecule has 7 nitrogen and oxygen atoms in total. The number of rotatable bonds is 2. The standard InChI is InChI=1S/C14H15N3O4/c15-6-7-2-1-3-8-11(7)14(21)17(13(8)20)9-4-5-10(18)16-12(9)19/h1-3,9-10,18H,4-6,15H2,(H,16,19). The maximum atomic E-state index is 12.5. The van der Waals surface area contributed by atoms with Crippen LogP contribution in [-0.4, -0.2) is 40.0 Å². The first-order chi connectivity index (χ1) is 10.0. The van der Waals surface area contributed by atoms with E-state index in [2.05, 4.69) is 5.32 Å². The van der Waals surface area contributed by atoms with Gasteiger partial charge in [-0.2, -0.15) is 0 Å². The van der Waals surface area contributed by atoms with Crippen LogP contribution in [0.5, 0.6) is 0 Å². The molecule has 0 radical (unpaired) electrons. The minimum Gasteiger partial charge on any atom is -0.374 e. The summed E-state index contributed by atoms with van der Waals surface area (Å²) >= 11 is 0. The van der Waals surface area contributed by atoms with E-state index in [4.69, 9.17) is 5.73 Å². The van der Waals surface area contributed by atoms with Crippen LogP contribution in [-0.2, 0) is 11.3 Å². The number of aliphatic hydroxyl groups is 1. The van der Waals surface area contributed by atoms with Crippen LogP contribution in [0.1, 0.15) is 39.1 Å². The predicted molar refractivity (Wildman–Crippen MR) is 72.0 cm³/mol. The second kappa shape index (κ2) is 4.94. The molecule has 1 fully saturated rings. The number of carbonyl (C=O) groups is 3. The summed E-state index contributed by atoms with van der Waals surface area (Å²) in [5.74, 6) is -1.49. The highest BCUT2D eigenvalue weighted by atomic mass is 16.3. The summed E-state index contributed by atoms with van der Waals surface area (Å²) < 4.78 is 0. The molecule has 21 heavy (non-hydrogen) atoms. The van der Waals surface area contributed by atoms with Gasteiger partial charge < -0.3 is 16.2 Å². The second-order valence-electron chi connectivity index (χ2n) is 5.14. The zero-order chi connectivity index (χ0) is 15.1. The Labute approximate surface area is 120 Å². The van der Waals surface area contributed by atoms with Gasteiger partial charge in [0.25, 0.3) is 11.8 Å². The van der Waals surface area contributed by atoms with Crippen LogP contribution in [0.15, 0.2) is 18.2 Å². The number of benzene rings is 1. The summed E-state index contributed by atoms with van der Waals surface area (Å²) in [5, 5.41) is 11.7. The Morgan fingerprint density at radius 3 is 2.67 bits per heavy atom. The third-order valence-corrected chi connectivity index (χ3v) is 3.89. The van der Waals surface area contributed by atoms with Gasteiger partial charge in [0.1, 0.15) is 12.3 Å². The van der Waals surface area contributed by atoms with Crippen LogP contribution in [0.25, 0.3) is 0 Å². The first kappa shape index (κ1) is 13.7. The second-order valence-corrected chi connectivity index (χ2v) is 5.14. The highest BCUT2D eigenvalue weighted by Gasteiger charge is 2.45. The maximum absolute atomic E-state index is 12.5. The van der Waals surface area contributed by atoms with Crippen molar-refractivity contribution in [2.24, 2.45) is 5.73 Å². The Balaban J connectivity index is 1.99. The summed E-state index contributed by atoms with van der Waals surface area (Å²) in [6, 6.07) is 4.04. The van der Waals surface area contributed by atoms with Crippen LogP contribution in [0.3, 0.4) is 0 Å². The molecule has 1 saturated heterocycles. The van der Waals surface area contributed by atoms with Gasteiger partial charge in [0.2, 0.25) is 5.91 Å². The molecule has 0 bridgehead atoms. The zero-order valence-electron chi connectivity index (χ0n) is 11.2. The van der Waals surface area contributed by atoms with E-state index in [0.717, 1.165) is 4.90 Å². The lowest BCUT2D eigenvalue weighted by Gasteiger charge is -2.31. The number of nitrogens with one attached hydrogen (secondary N) is 1. The van der Waals surface area contributed by atoms with Gasteiger partial charge in [0, 0.05) is 6.54 Å². The predicted octanol–water partition coefficient (Wildman–Crippen LogP) is -0.662. The molecule has 7 heteroatoms. The number of hydrogen-bond acceptors (Lipinski definition) is 5. The van der Waals surface area contributed by atoms with E-state index in [1.54, 1.807) is 18.2 Å². The maximum Gasteiger partial charge on any atom is 0.262 e. The van der Waals surface area contributed by atoms with Gasteiger partial charge in [0.15, 0.2) is 0 Å². The Hall–Kier alpha value is -2.25. The first-order valence-electron chi connectivity index (χ1n) is 6.73. The molecule has 0 aliphatic carbocycles. The van der Waals surface area contributed by atoms with E-state index in [1.807, 2.05) is 0 Å². The molecule has 2 atom stereocenters. The van der Waals surface area contributed by atoms with Crippen molar-refractivity contribution in [3.8, 4) is 0 Å². The van der Waals surface area contributed by atoms with Gasteiger partial charge in [-0.05, 0) is 24.5 Å². The third kappa shape index (κ3) is 2.01. The molecule has 2 heterocycles. The summed E-state index contributed by atoms with van der Waals surface area (Å²) in [7, 11) is 0. The largest absolute Gasteiger partial charge is 0.374 e. The average Bonchev–Trinajstić information content (AvgIpc) is 2.72. The van der Waals surface area contributed by atoms with Crippen molar-refractivity contribution in [2.45, 2.75) is 31.7 Å². The molecule has 0 saturated carbocycles. The minimum atomic E-state index is -0.927. The van der Waals surface area contributed by atoms with Gasteiger partial charge in [-0.25, -0.2) is 0 Å². The van der Waals surface area contributed by atoms with Crippen molar-refractivity contribution in [2.75, 3.05) is 0 Å². The highest BCUT2D eigenvalue weighted by molar-refractivity contribution is 6.23. The first-order valence-corrected chi connectivity index (χ1v) is 6.73. The molecule has 2 unspecified atom stereocenters. The number of hydrogen-bond donors (Lipinski definition) is 3. The van der Waals surface area contributed by atoms with Crippen molar-refractivity contribution in [3.63, 3.8) is 0 Å². The fourth-order valence-electron chi connectivity index (χ4n) is 2.85. The van der Waals surface area contributed by atoms with E-state index in [9.17, 15) is 19.5 Å². The average molecular weight is 289 g/mol. The number of nitrogens with two attached hydrogens (primary N) is 1. The van der Waals surface area contributed by atoms with Crippen LogP contribution in [0.4, 0.5) is 0 Å². The molecule has 2 aliphatic rings. The fourth-order valence-corrected chi connectivity index (χ4v) is 2.85. The van der Waals surface area contributed by atoms with Gasteiger partial charge in [0.05, 0.1) is 11.1 Å². The highest BCUT2D eigenvalue weighted by Crippen LogP contribution is 2.29. The number of nitrogens with zero attached hydrogens (tertiary/aromatic N) is 1. The van der Waals surface area contributed by atoms with Crippen LogP contribution < -0.4 is 11.1 Å². The van der Waals surface area contributed by atoms with Crippen molar-refractivity contribution < 1.29 is 19.5 Å². The van der Waals surface area contributed by atoms with Crippen molar-refractivity contribution in [1.29, 1.82) is 0 Å². The fraction of sp³-hybridized carbons (Fsp3) is 0.357. The topological polar surface area (TPSA) is 113 Å². The van der Waals surface area contributed by atoms with Crippen molar-refractivity contribution in [3.05, 3.63) is 34.9 Å². The number of amides is 3. The smallest absolute Gasteiger partial charge is 0.262 e. The lowest BCUT2D eigenvalue weighted by Crippen LogP contribution is -2.55. The van der Waals surface area contributed by atoms with Gasteiger partial charge in [-0.15, -0.1) is 0 Å². The number of fused-ring (bicyclic) bond motifs is 1. The van der Waals surface area contributed by atoms with E-state index in [-0.39, 0.29) is 24.1 Å². The number of piperidine rings is 1. The van der Waals surface area contributed by atoms with E-state index < -0.39 is 30.0 Å². The molecular weight excluding hydrogens is 274 g/mol. The molecule has 2 aliphatic heterocycles. The van der Waals surface area contributed by atoms with Crippen LogP contribution in [0, 0.1) is 0 Å². The van der Waals surface area contributed by atoms with E-state index >= 15 is 0 Å². The van der Waals surface area contributed by atoms with Crippen LogP contribution in [0.2, 0.25) is 0 Å². The van der Waals surface area contributed by atoms with Crippen LogP contribution >= 0.6 is 0 Å². The summed E-state index contributed by atoms with van der Waals surface area (Å²) in [5.41, 5.74) is 6.75. The molecule has 3 rings (SSSR count). The number of aliphatic hydroxyl groups excluding tert-OH is 1. The quantitative estimate of drug-likeness (QED) is 0.625. The lowest BCUT2D eigenvalue weighted by atomic mass is 10.0. The normalized spacial score (nSPS) is 25.0. The molecule has 4 N–H and O–H groups in total. The molecule has 1 aromatic carbocycles. The van der Waals surface area contributed by atoms with Crippen molar-refractivity contribution >= 4 is 17.7 Å². The Kier molecular flexibility index (Phi) is 3.23. The Morgan fingerprint density at radius 1 is 1.24 bits per heavy atom. The zero-order valence-corrected chi connectivity index (χ0v) is 11.2. The molecule has 3 amide bonds. The minimum absolute atomic E-state index is 0.144. The number of carbonyl (C=O) groups excluding carboxylic acids is 3. The van der Waals surface area contributed by atoms with Crippen molar-refractivity contribution in [1.82, 2.24) is 10.2 Å². The monoisotopic (exact) mass is 289 g/mol. The number of imide groups is 1. The SMILES string of the molecule is NCc1cccc2c1C(=O)N(C1CCC(O)NC1=O)C2=O. The molecular formula is C14H15N3O4. The van der Waals surface area contributed by atoms with E-state index in [0.29, 0.717) is 12.0 Å². The molecule has 0 aromatic heterocycles. The molecule has 1 aromatic rings. The van der Waals surface area contributed by atoms with Gasteiger partial charge in [-0.3, -0.25) is 19.3 Å². The van der Waals surface area contributed by atoms with Gasteiger partial charge >= 0.3 is 0 Å². The summed E-state index contributed by atoms with van der Waals surface area (Å²) in [6.45, 7) is 0.144. The van der Waals surface area contributed by atoms with Gasteiger partial charge in [-0.1, -0.05) is 12.1 Å².